The summed E-state index contributed by atoms with van der Waals surface area (Å²) in [7, 11) is -0.409. The number of carbonyl (C=O) groups is 1. The van der Waals surface area contributed by atoms with Gasteiger partial charge in [-0.1, -0.05) is 19.7 Å². The highest BCUT2D eigenvalue weighted by Crippen LogP contribution is 2.02. The van der Waals surface area contributed by atoms with Gasteiger partial charge in [0.15, 0.2) is 0 Å². The topological polar surface area (TPSA) is 38.3 Å². The van der Waals surface area contributed by atoms with Crippen molar-refractivity contribution in [1.29, 1.82) is 0 Å². The van der Waals surface area contributed by atoms with E-state index in [1.165, 1.54) is 0 Å². The summed E-state index contributed by atoms with van der Waals surface area (Å²) in [5.74, 6) is 3.65. The monoisotopic (exact) mass is 205 g/mol. The molecular formula is C9H19NO2S. The van der Waals surface area contributed by atoms with Crippen LogP contribution in [0.1, 0.15) is 13.8 Å². The van der Waals surface area contributed by atoms with Crippen molar-refractivity contribution in [2.45, 2.75) is 19.9 Å². The second-order valence-electron chi connectivity index (χ2n) is 3.17. The molecule has 0 radical (unpaired) electrons. The van der Waals surface area contributed by atoms with Gasteiger partial charge in [-0.15, -0.1) is 10.5 Å². The molecule has 1 atom stereocenters. The second kappa shape index (κ2) is 7.24. The highest BCUT2D eigenvalue weighted by atomic mass is 32.2. The van der Waals surface area contributed by atoms with Crippen molar-refractivity contribution >= 4 is 21.5 Å². The molecule has 0 heterocycles. The van der Waals surface area contributed by atoms with Gasteiger partial charge in [0.05, 0.1) is 6.61 Å². The molecule has 4 heteroatoms. The average molecular weight is 205 g/mol. The first-order chi connectivity index (χ1) is 6.04. The van der Waals surface area contributed by atoms with Gasteiger partial charge in [-0.25, -0.2) is 0 Å². The number of hydrogen-bond donors (Lipinski definition) is 1. The maximum Gasteiger partial charge on any atom is 0.208 e. The zero-order valence-corrected chi connectivity index (χ0v) is 9.45. The molecule has 0 aliphatic carbocycles. The van der Waals surface area contributed by atoms with Gasteiger partial charge < -0.3 is 10.1 Å². The Balaban J connectivity index is 3.26. The molecule has 1 unspecified atom stereocenters. The fourth-order valence-corrected chi connectivity index (χ4v) is 0.960. The van der Waals surface area contributed by atoms with E-state index in [9.17, 15) is 4.79 Å². The number of nitrogens with one attached hydrogen (secondary N) is 1. The highest BCUT2D eigenvalue weighted by Gasteiger charge is 2.00. The minimum Gasteiger partial charge on any atom is -0.371 e. The average Bonchev–Trinajstić information content (AvgIpc) is 2.02. The Labute approximate surface area is 82.8 Å². The van der Waals surface area contributed by atoms with Crippen LogP contribution in [0.3, 0.4) is 0 Å². The first-order valence-electron chi connectivity index (χ1n) is 4.33. The predicted molar refractivity (Wildman–Crippen MR) is 59.6 cm³/mol. The third kappa shape index (κ3) is 8.15. The van der Waals surface area contributed by atoms with E-state index in [4.69, 9.17) is 4.74 Å². The van der Waals surface area contributed by atoms with Crippen LogP contribution in [0.4, 0.5) is 0 Å². The van der Waals surface area contributed by atoms with Crippen molar-refractivity contribution in [3.63, 3.8) is 0 Å². The number of hydrogen-bond acceptors (Lipinski definition) is 3. The molecule has 0 saturated heterocycles. The van der Waals surface area contributed by atoms with Crippen molar-refractivity contribution in [2.24, 2.45) is 0 Å². The van der Waals surface area contributed by atoms with E-state index in [0.29, 0.717) is 12.6 Å². The number of ether oxygens (including phenoxy) is 1. The van der Waals surface area contributed by atoms with E-state index >= 15 is 0 Å². The quantitative estimate of drug-likeness (QED) is 0.516. The van der Waals surface area contributed by atoms with Gasteiger partial charge in [0, 0.05) is 12.6 Å². The lowest BCUT2D eigenvalue weighted by Crippen LogP contribution is -2.27. The molecular weight excluding hydrogens is 186 g/mol. The van der Waals surface area contributed by atoms with Crippen molar-refractivity contribution in [1.82, 2.24) is 5.32 Å². The van der Waals surface area contributed by atoms with Crippen LogP contribution < -0.4 is 5.32 Å². The van der Waals surface area contributed by atoms with Crippen LogP contribution in [0, 0.1) is 0 Å². The van der Waals surface area contributed by atoms with E-state index in [1.54, 1.807) is 6.26 Å². The molecule has 0 aliphatic heterocycles. The van der Waals surface area contributed by atoms with Crippen LogP contribution in [-0.4, -0.2) is 43.0 Å². The SMILES string of the molecule is C=S(C)C(=O)COCCNC(C)C. The van der Waals surface area contributed by atoms with Crippen LogP contribution in [-0.2, 0) is 9.53 Å². The third-order valence-electron chi connectivity index (χ3n) is 1.41. The largest absolute Gasteiger partial charge is 0.371 e. The molecule has 0 aliphatic rings. The Morgan fingerprint density at radius 3 is 2.69 bits per heavy atom. The fourth-order valence-electron chi connectivity index (χ4n) is 0.676. The predicted octanol–water partition coefficient (Wildman–Crippen LogP) is 0.858. The van der Waals surface area contributed by atoms with Crippen LogP contribution in [0.5, 0.6) is 0 Å². The van der Waals surface area contributed by atoms with Gasteiger partial charge in [-0.2, -0.15) is 0 Å². The fraction of sp³-hybridized carbons (Fsp3) is 0.778. The maximum atomic E-state index is 11.0. The van der Waals surface area contributed by atoms with Crippen molar-refractivity contribution in [3.8, 4) is 0 Å². The van der Waals surface area contributed by atoms with Crippen LogP contribution in [0.2, 0.25) is 0 Å². The zero-order chi connectivity index (χ0) is 10.3. The molecule has 1 N–H and O–H groups in total. The van der Waals surface area contributed by atoms with Crippen molar-refractivity contribution in [2.75, 3.05) is 26.0 Å². The van der Waals surface area contributed by atoms with Gasteiger partial charge in [0.25, 0.3) is 0 Å². The first-order valence-corrected chi connectivity index (χ1v) is 6.14. The minimum absolute atomic E-state index is 0.0875. The Bertz CT molecular complexity index is 180. The molecule has 13 heavy (non-hydrogen) atoms. The summed E-state index contributed by atoms with van der Waals surface area (Å²) in [6.07, 6.45) is 1.80. The molecule has 78 valence electrons. The van der Waals surface area contributed by atoms with E-state index in [-0.39, 0.29) is 11.7 Å². The third-order valence-corrected chi connectivity index (χ3v) is 2.30. The molecule has 0 aromatic carbocycles. The lowest BCUT2D eigenvalue weighted by atomic mass is 10.4. The molecule has 0 amide bonds. The summed E-state index contributed by atoms with van der Waals surface area (Å²) in [6.45, 7) is 5.72. The van der Waals surface area contributed by atoms with Gasteiger partial charge in [0.2, 0.25) is 5.12 Å². The molecule has 0 spiro atoms. The van der Waals surface area contributed by atoms with Gasteiger partial charge >= 0.3 is 0 Å². The zero-order valence-electron chi connectivity index (χ0n) is 8.63. The van der Waals surface area contributed by atoms with Crippen LogP contribution in [0.25, 0.3) is 0 Å². The number of carbonyl (C=O) groups excluding carboxylic acids is 1. The van der Waals surface area contributed by atoms with Gasteiger partial charge in [0.1, 0.15) is 6.61 Å². The summed E-state index contributed by atoms with van der Waals surface area (Å²) in [6, 6.07) is 0.466. The molecule has 0 aromatic heterocycles. The highest BCUT2D eigenvalue weighted by molar-refractivity contribution is 8.26. The smallest absolute Gasteiger partial charge is 0.208 e. The Kier molecular flexibility index (Phi) is 7.13. The molecule has 3 nitrogen and oxygen atoms in total. The summed E-state index contributed by atoms with van der Waals surface area (Å²) >= 11 is 0. The molecule has 0 aromatic rings. The van der Waals surface area contributed by atoms with Crippen LogP contribution >= 0.6 is 10.5 Å². The van der Waals surface area contributed by atoms with E-state index < -0.39 is 10.5 Å². The van der Waals surface area contributed by atoms with Gasteiger partial charge in [-0.3, -0.25) is 4.79 Å². The molecule has 0 fully saturated rings. The van der Waals surface area contributed by atoms with E-state index in [0.717, 1.165) is 6.54 Å². The first kappa shape index (κ1) is 12.8. The maximum absolute atomic E-state index is 11.0. The summed E-state index contributed by atoms with van der Waals surface area (Å²) < 4.78 is 5.16. The Morgan fingerprint density at radius 2 is 2.23 bits per heavy atom. The molecule has 0 rings (SSSR count). The molecule has 0 bridgehead atoms. The molecule has 0 saturated carbocycles. The van der Waals surface area contributed by atoms with Gasteiger partial charge in [-0.05, 0) is 6.26 Å². The van der Waals surface area contributed by atoms with Crippen molar-refractivity contribution in [3.05, 3.63) is 0 Å². The Hall–Kier alpha value is -0.190. The summed E-state index contributed by atoms with van der Waals surface area (Å²) in [5.41, 5.74) is 0. The standard InChI is InChI=1S/C9H19NO2S/c1-8(2)10-5-6-12-7-9(11)13(3)4/h8,10H,3,5-7H2,1-2,4H3. The number of rotatable bonds is 6. The van der Waals surface area contributed by atoms with E-state index in [2.05, 4.69) is 25.0 Å². The second-order valence-corrected chi connectivity index (χ2v) is 4.90. The summed E-state index contributed by atoms with van der Waals surface area (Å²) in [4.78, 5) is 11.0. The Morgan fingerprint density at radius 1 is 1.62 bits per heavy atom. The van der Waals surface area contributed by atoms with E-state index in [1.807, 2.05) is 0 Å². The normalized spacial score (nSPS) is 13.2. The lowest BCUT2D eigenvalue weighted by Gasteiger charge is -2.07. The summed E-state index contributed by atoms with van der Waals surface area (Å²) in [5, 5.41) is 3.29. The van der Waals surface area contributed by atoms with Crippen LogP contribution in [0.15, 0.2) is 0 Å². The lowest BCUT2D eigenvalue weighted by molar-refractivity contribution is -0.115. The van der Waals surface area contributed by atoms with Crippen molar-refractivity contribution < 1.29 is 9.53 Å². The minimum atomic E-state index is -0.409.